The molecule has 1 aliphatic rings. The lowest BCUT2D eigenvalue weighted by Crippen LogP contribution is -2.06. The first-order chi connectivity index (χ1) is 7.63. The van der Waals surface area contributed by atoms with Crippen LogP contribution in [0.4, 0.5) is 0 Å². The van der Waals surface area contributed by atoms with Crippen molar-refractivity contribution >= 4 is 22.0 Å². The van der Waals surface area contributed by atoms with Gasteiger partial charge in [0.1, 0.15) is 5.75 Å². The van der Waals surface area contributed by atoms with E-state index in [1.165, 1.54) is 0 Å². The van der Waals surface area contributed by atoms with Gasteiger partial charge in [0, 0.05) is 4.47 Å². The van der Waals surface area contributed by atoms with Gasteiger partial charge in [-0.1, -0.05) is 15.9 Å². The predicted molar refractivity (Wildman–Crippen MR) is 64.5 cm³/mol. The SMILES string of the molecule is COc1cc(Br)c(C)c(C2(N=C=O)CC2)c1. The fourth-order valence-electron chi connectivity index (χ4n) is 1.90. The van der Waals surface area contributed by atoms with Crippen LogP contribution < -0.4 is 4.74 Å². The molecule has 3 nitrogen and oxygen atoms in total. The monoisotopic (exact) mass is 281 g/mol. The number of nitrogens with zero attached hydrogens (tertiary/aromatic N) is 1. The Labute approximate surface area is 103 Å². The third-order valence-electron chi connectivity index (χ3n) is 3.04. The molecular formula is C12H12BrNO2. The first-order valence-electron chi connectivity index (χ1n) is 5.06. The lowest BCUT2D eigenvalue weighted by Gasteiger charge is -2.15. The molecule has 0 unspecified atom stereocenters. The molecule has 0 bridgehead atoms. The van der Waals surface area contributed by atoms with Gasteiger partial charge in [0.15, 0.2) is 0 Å². The minimum atomic E-state index is -0.344. The van der Waals surface area contributed by atoms with Crippen LogP contribution >= 0.6 is 15.9 Å². The van der Waals surface area contributed by atoms with Gasteiger partial charge < -0.3 is 4.74 Å². The molecule has 1 aliphatic carbocycles. The Morgan fingerprint density at radius 2 is 2.19 bits per heavy atom. The van der Waals surface area contributed by atoms with Crippen LogP contribution in [-0.4, -0.2) is 13.2 Å². The fraction of sp³-hybridized carbons (Fsp3) is 0.417. The second-order valence-electron chi connectivity index (χ2n) is 4.02. The van der Waals surface area contributed by atoms with Gasteiger partial charge in [0.05, 0.1) is 12.6 Å². The summed E-state index contributed by atoms with van der Waals surface area (Å²) in [6, 6.07) is 3.87. The quantitative estimate of drug-likeness (QED) is 0.631. The average molecular weight is 282 g/mol. The van der Waals surface area contributed by atoms with Crippen molar-refractivity contribution in [1.29, 1.82) is 0 Å². The number of hydrogen-bond donors (Lipinski definition) is 0. The highest BCUT2D eigenvalue weighted by Gasteiger charge is 2.46. The predicted octanol–water partition coefficient (Wildman–Crippen LogP) is 3.09. The number of isocyanates is 1. The largest absolute Gasteiger partial charge is 0.497 e. The Morgan fingerprint density at radius 3 is 2.69 bits per heavy atom. The normalized spacial score (nSPS) is 16.4. The zero-order valence-electron chi connectivity index (χ0n) is 9.21. The van der Waals surface area contributed by atoms with Crippen molar-refractivity contribution in [1.82, 2.24) is 0 Å². The lowest BCUT2D eigenvalue weighted by molar-refractivity contribution is 0.413. The van der Waals surface area contributed by atoms with Gasteiger partial charge in [-0.15, -0.1) is 0 Å². The van der Waals surface area contributed by atoms with E-state index in [-0.39, 0.29) is 5.54 Å². The van der Waals surface area contributed by atoms with Crippen molar-refractivity contribution < 1.29 is 9.53 Å². The van der Waals surface area contributed by atoms with Crippen molar-refractivity contribution in [2.75, 3.05) is 7.11 Å². The summed E-state index contributed by atoms with van der Waals surface area (Å²) in [5.74, 6) is 0.778. The molecular weight excluding hydrogens is 270 g/mol. The number of ether oxygens (including phenoxy) is 1. The highest BCUT2D eigenvalue weighted by atomic mass is 79.9. The molecule has 2 rings (SSSR count). The standard InChI is InChI=1S/C12H12BrNO2/c1-8-10(12(3-4-12)14-7-15)5-9(16-2)6-11(8)13/h5-6H,3-4H2,1-2H3. The topological polar surface area (TPSA) is 38.7 Å². The Balaban J connectivity index is 2.55. The molecule has 0 radical (unpaired) electrons. The van der Waals surface area contributed by atoms with Gasteiger partial charge in [0.2, 0.25) is 6.08 Å². The summed E-state index contributed by atoms with van der Waals surface area (Å²) in [5, 5.41) is 0. The number of hydrogen-bond acceptors (Lipinski definition) is 3. The van der Waals surface area contributed by atoms with Crippen LogP contribution in [0, 0.1) is 6.92 Å². The molecule has 1 saturated carbocycles. The van der Waals surface area contributed by atoms with Crippen molar-refractivity contribution in [3.63, 3.8) is 0 Å². The maximum atomic E-state index is 10.4. The van der Waals surface area contributed by atoms with E-state index in [0.29, 0.717) is 0 Å². The first-order valence-corrected chi connectivity index (χ1v) is 5.86. The number of carbonyl (C=O) groups excluding carboxylic acids is 1. The van der Waals surface area contributed by atoms with E-state index in [1.54, 1.807) is 13.2 Å². The van der Waals surface area contributed by atoms with E-state index in [0.717, 1.165) is 34.2 Å². The molecule has 84 valence electrons. The molecule has 0 aromatic heterocycles. The second kappa shape index (κ2) is 4.04. The Bertz CT molecular complexity index is 474. The fourth-order valence-corrected chi connectivity index (χ4v) is 2.34. The van der Waals surface area contributed by atoms with Crippen LogP contribution in [0.3, 0.4) is 0 Å². The molecule has 0 amide bonds. The van der Waals surface area contributed by atoms with Crippen molar-refractivity contribution in [2.45, 2.75) is 25.3 Å². The van der Waals surface area contributed by atoms with Crippen molar-refractivity contribution in [3.8, 4) is 5.75 Å². The molecule has 1 aromatic carbocycles. The molecule has 0 spiro atoms. The van der Waals surface area contributed by atoms with E-state index in [1.807, 2.05) is 19.1 Å². The Hall–Kier alpha value is -1.12. The highest BCUT2D eigenvalue weighted by Crippen LogP contribution is 2.51. The van der Waals surface area contributed by atoms with Crippen LogP contribution in [0.25, 0.3) is 0 Å². The second-order valence-corrected chi connectivity index (χ2v) is 4.87. The van der Waals surface area contributed by atoms with Crippen LogP contribution in [0.15, 0.2) is 21.6 Å². The van der Waals surface area contributed by atoms with Gasteiger partial charge in [-0.05, 0) is 43.0 Å². The van der Waals surface area contributed by atoms with E-state index in [4.69, 9.17) is 4.74 Å². The molecule has 0 N–H and O–H groups in total. The third kappa shape index (κ3) is 1.79. The molecule has 0 aliphatic heterocycles. The van der Waals surface area contributed by atoms with Gasteiger partial charge >= 0.3 is 0 Å². The van der Waals surface area contributed by atoms with Gasteiger partial charge in [-0.25, -0.2) is 4.79 Å². The third-order valence-corrected chi connectivity index (χ3v) is 3.86. The molecule has 0 atom stereocenters. The minimum absolute atomic E-state index is 0.344. The van der Waals surface area contributed by atoms with E-state index in [9.17, 15) is 4.79 Å². The van der Waals surface area contributed by atoms with E-state index < -0.39 is 0 Å². The summed E-state index contributed by atoms with van der Waals surface area (Å²) in [5.41, 5.74) is 1.82. The van der Waals surface area contributed by atoms with Crippen molar-refractivity contribution in [3.05, 3.63) is 27.7 Å². The van der Waals surface area contributed by atoms with E-state index >= 15 is 0 Å². The molecule has 16 heavy (non-hydrogen) atoms. The minimum Gasteiger partial charge on any atom is -0.497 e. The summed E-state index contributed by atoms with van der Waals surface area (Å²) in [4.78, 5) is 14.4. The average Bonchev–Trinajstić information content (AvgIpc) is 3.03. The number of methoxy groups -OCH3 is 1. The van der Waals surface area contributed by atoms with Crippen LogP contribution in [-0.2, 0) is 10.3 Å². The summed E-state index contributed by atoms with van der Waals surface area (Å²) >= 11 is 3.49. The summed E-state index contributed by atoms with van der Waals surface area (Å²) in [6.45, 7) is 2.01. The maximum absolute atomic E-state index is 10.4. The van der Waals surface area contributed by atoms with Gasteiger partial charge in [-0.2, -0.15) is 4.99 Å². The number of benzene rings is 1. The molecule has 1 fully saturated rings. The smallest absolute Gasteiger partial charge is 0.235 e. The maximum Gasteiger partial charge on any atom is 0.235 e. The highest BCUT2D eigenvalue weighted by molar-refractivity contribution is 9.10. The van der Waals surface area contributed by atoms with Gasteiger partial charge in [-0.3, -0.25) is 0 Å². The number of aliphatic imine (C=N–C) groups is 1. The van der Waals surface area contributed by atoms with Crippen LogP contribution in [0.2, 0.25) is 0 Å². The number of halogens is 1. The zero-order chi connectivity index (χ0) is 11.8. The van der Waals surface area contributed by atoms with Crippen LogP contribution in [0.1, 0.15) is 24.0 Å². The summed E-state index contributed by atoms with van der Waals surface area (Å²) < 4.78 is 6.20. The molecule has 0 heterocycles. The number of rotatable bonds is 3. The van der Waals surface area contributed by atoms with Crippen molar-refractivity contribution in [2.24, 2.45) is 4.99 Å². The molecule has 1 aromatic rings. The Kier molecular flexibility index (Phi) is 2.87. The van der Waals surface area contributed by atoms with Crippen LogP contribution in [0.5, 0.6) is 5.75 Å². The zero-order valence-corrected chi connectivity index (χ0v) is 10.8. The Morgan fingerprint density at radius 1 is 1.50 bits per heavy atom. The molecule has 4 heteroatoms. The summed E-state index contributed by atoms with van der Waals surface area (Å²) in [6.07, 6.45) is 3.48. The van der Waals surface area contributed by atoms with Gasteiger partial charge in [0.25, 0.3) is 0 Å². The molecule has 0 saturated heterocycles. The first kappa shape index (κ1) is 11.4. The van der Waals surface area contributed by atoms with E-state index in [2.05, 4.69) is 20.9 Å². The lowest BCUT2D eigenvalue weighted by atomic mass is 9.99. The summed E-state index contributed by atoms with van der Waals surface area (Å²) in [7, 11) is 1.63.